The quantitative estimate of drug-likeness (QED) is 0.606. The number of amides is 2. The molecule has 4 heteroatoms. The van der Waals surface area contributed by atoms with Crippen LogP contribution in [-0.2, 0) is 9.59 Å². The molecular formula is C13H26N2O2. The van der Waals surface area contributed by atoms with Gasteiger partial charge in [-0.3, -0.25) is 9.59 Å². The molecule has 17 heavy (non-hydrogen) atoms. The number of unbranched alkanes of at least 4 members (excludes halogenated alkanes) is 1. The Balaban J connectivity index is 3.45. The van der Waals surface area contributed by atoms with Crippen molar-refractivity contribution in [1.29, 1.82) is 0 Å². The predicted octanol–water partition coefficient (Wildman–Crippen LogP) is 1.85. The van der Waals surface area contributed by atoms with E-state index >= 15 is 0 Å². The molecule has 0 aromatic heterocycles. The van der Waals surface area contributed by atoms with E-state index in [1.54, 1.807) is 0 Å². The molecule has 0 rings (SSSR count). The van der Waals surface area contributed by atoms with Crippen molar-refractivity contribution < 1.29 is 9.59 Å². The average Bonchev–Trinajstić information content (AvgIpc) is 2.26. The van der Waals surface area contributed by atoms with E-state index in [9.17, 15) is 9.59 Å². The number of nitrogens with one attached hydrogen (secondary N) is 2. The summed E-state index contributed by atoms with van der Waals surface area (Å²) in [6.07, 6.45) is 3.62. The molecule has 4 nitrogen and oxygen atoms in total. The zero-order chi connectivity index (χ0) is 13.1. The van der Waals surface area contributed by atoms with Gasteiger partial charge in [-0.25, -0.2) is 0 Å². The van der Waals surface area contributed by atoms with Gasteiger partial charge in [-0.2, -0.15) is 0 Å². The van der Waals surface area contributed by atoms with Crippen LogP contribution in [-0.4, -0.2) is 24.9 Å². The van der Waals surface area contributed by atoms with Crippen molar-refractivity contribution in [2.45, 2.75) is 52.9 Å². The van der Waals surface area contributed by atoms with Gasteiger partial charge >= 0.3 is 0 Å². The van der Waals surface area contributed by atoms with Gasteiger partial charge in [-0.1, -0.05) is 27.2 Å². The summed E-state index contributed by atoms with van der Waals surface area (Å²) in [4.78, 5) is 22.7. The van der Waals surface area contributed by atoms with Gasteiger partial charge in [-0.15, -0.1) is 0 Å². The van der Waals surface area contributed by atoms with Crippen molar-refractivity contribution in [2.24, 2.45) is 5.92 Å². The molecule has 0 aromatic carbocycles. The topological polar surface area (TPSA) is 58.2 Å². The predicted molar refractivity (Wildman–Crippen MR) is 69.6 cm³/mol. The molecule has 0 unspecified atom stereocenters. The Labute approximate surface area is 105 Å². The molecule has 0 atom stereocenters. The molecule has 100 valence electrons. The Morgan fingerprint density at radius 1 is 1.00 bits per heavy atom. The van der Waals surface area contributed by atoms with Crippen molar-refractivity contribution in [3.8, 4) is 0 Å². The van der Waals surface area contributed by atoms with Gasteiger partial charge in [-0.05, 0) is 18.8 Å². The van der Waals surface area contributed by atoms with Gasteiger partial charge in [0.05, 0.1) is 0 Å². The lowest BCUT2D eigenvalue weighted by Crippen LogP contribution is -2.29. The van der Waals surface area contributed by atoms with E-state index in [4.69, 9.17) is 0 Å². The molecule has 0 heterocycles. The Kier molecular flexibility index (Phi) is 9.49. The SMILES string of the molecule is CCCCNC(=O)CCC(=O)NCCC(C)C. The molecule has 0 saturated heterocycles. The number of hydrogen-bond donors (Lipinski definition) is 2. The van der Waals surface area contributed by atoms with Gasteiger partial charge in [0, 0.05) is 25.9 Å². The van der Waals surface area contributed by atoms with Gasteiger partial charge in [0.25, 0.3) is 0 Å². The van der Waals surface area contributed by atoms with Crippen LogP contribution >= 0.6 is 0 Å². The van der Waals surface area contributed by atoms with Crippen molar-refractivity contribution in [2.75, 3.05) is 13.1 Å². The molecule has 2 N–H and O–H groups in total. The molecule has 0 spiro atoms. The fourth-order valence-electron chi connectivity index (χ4n) is 1.31. The van der Waals surface area contributed by atoms with Crippen LogP contribution in [0.1, 0.15) is 52.9 Å². The third-order valence-corrected chi connectivity index (χ3v) is 2.48. The largest absolute Gasteiger partial charge is 0.356 e. The fraction of sp³-hybridized carbons (Fsp3) is 0.846. The van der Waals surface area contributed by atoms with Crippen LogP contribution in [0.15, 0.2) is 0 Å². The van der Waals surface area contributed by atoms with E-state index in [0.717, 1.165) is 19.3 Å². The summed E-state index contributed by atoms with van der Waals surface area (Å²) >= 11 is 0. The first-order valence-electron chi connectivity index (χ1n) is 6.59. The van der Waals surface area contributed by atoms with E-state index in [1.165, 1.54) is 0 Å². The first-order chi connectivity index (χ1) is 8.06. The van der Waals surface area contributed by atoms with E-state index < -0.39 is 0 Å². The summed E-state index contributed by atoms with van der Waals surface area (Å²) in [5.74, 6) is 0.529. The standard InChI is InChI=1S/C13H26N2O2/c1-4-5-9-14-12(16)6-7-13(17)15-10-8-11(2)3/h11H,4-10H2,1-3H3,(H,14,16)(H,15,17). The number of carbonyl (C=O) groups excluding carboxylic acids is 2. The molecule has 0 aliphatic rings. The smallest absolute Gasteiger partial charge is 0.220 e. The molecule has 0 bridgehead atoms. The highest BCUT2D eigenvalue weighted by Gasteiger charge is 2.06. The number of rotatable bonds is 9. The van der Waals surface area contributed by atoms with Crippen LogP contribution in [0.3, 0.4) is 0 Å². The molecule has 0 aliphatic heterocycles. The van der Waals surface area contributed by atoms with E-state index in [0.29, 0.717) is 19.0 Å². The summed E-state index contributed by atoms with van der Waals surface area (Å²) in [6, 6.07) is 0. The second-order valence-corrected chi connectivity index (χ2v) is 4.74. The number of carbonyl (C=O) groups is 2. The molecule has 0 saturated carbocycles. The van der Waals surface area contributed by atoms with Gasteiger partial charge in [0.15, 0.2) is 0 Å². The summed E-state index contributed by atoms with van der Waals surface area (Å²) in [5, 5.41) is 5.61. The van der Waals surface area contributed by atoms with Crippen LogP contribution in [0, 0.1) is 5.92 Å². The lowest BCUT2D eigenvalue weighted by molar-refractivity contribution is -0.126. The first-order valence-corrected chi connectivity index (χ1v) is 6.59. The Hall–Kier alpha value is -1.06. The van der Waals surface area contributed by atoms with Crippen molar-refractivity contribution in [3.05, 3.63) is 0 Å². The molecule has 2 amide bonds. The molecule has 0 aliphatic carbocycles. The normalized spacial score (nSPS) is 10.4. The monoisotopic (exact) mass is 242 g/mol. The van der Waals surface area contributed by atoms with Crippen LogP contribution in [0.2, 0.25) is 0 Å². The van der Waals surface area contributed by atoms with Crippen LogP contribution in [0.4, 0.5) is 0 Å². The first kappa shape index (κ1) is 15.9. The van der Waals surface area contributed by atoms with Crippen LogP contribution in [0.25, 0.3) is 0 Å². The summed E-state index contributed by atoms with van der Waals surface area (Å²) in [7, 11) is 0. The van der Waals surface area contributed by atoms with Gasteiger partial charge < -0.3 is 10.6 Å². The second kappa shape index (κ2) is 10.1. The minimum Gasteiger partial charge on any atom is -0.356 e. The zero-order valence-corrected chi connectivity index (χ0v) is 11.3. The average molecular weight is 242 g/mol. The van der Waals surface area contributed by atoms with Crippen molar-refractivity contribution >= 4 is 11.8 Å². The number of hydrogen-bond acceptors (Lipinski definition) is 2. The van der Waals surface area contributed by atoms with E-state index in [-0.39, 0.29) is 24.7 Å². The minimum atomic E-state index is -0.0312. The van der Waals surface area contributed by atoms with E-state index in [1.807, 2.05) is 0 Å². The summed E-state index contributed by atoms with van der Waals surface area (Å²) < 4.78 is 0. The highest BCUT2D eigenvalue weighted by atomic mass is 16.2. The Bertz CT molecular complexity index is 227. The summed E-state index contributed by atoms with van der Waals surface area (Å²) in [6.45, 7) is 7.73. The van der Waals surface area contributed by atoms with Gasteiger partial charge in [0.2, 0.25) is 11.8 Å². The van der Waals surface area contributed by atoms with E-state index in [2.05, 4.69) is 31.4 Å². The lowest BCUT2D eigenvalue weighted by Gasteiger charge is -2.07. The Morgan fingerprint density at radius 3 is 2.00 bits per heavy atom. The van der Waals surface area contributed by atoms with Crippen molar-refractivity contribution in [1.82, 2.24) is 10.6 Å². The molecule has 0 aromatic rings. The minimum absolute atomic E-state index is 0.0301. The third kappa shape index (κ3) is 11.2. The zero-order valence-electron chi connectivity index (χ0n) is 11.3. The highest BCUT2D eigenvalue weighted by molar-refractivity contribution is 5.83. The van der Waals surface area contributed by atoms with Crippen LogP contribution < -0.4 is 10.6 Å². The molecule has 0 radical (unpaired) electrons. The second-order valence-electron chi connectivity index (χ2n) is 4.74. The van der Waals surface area contributed by atoms with Gasteiger partial charge in [0.1, 0.15) is 0 Å². The maximum Gasteiger partial charge on any atom is 0.220 e. The molecular weight excluding hydrogens is 216 g/mol. The summed E-state index contributed by atoms with van der Waals surface area (Å²) in [5.41, 5.74) is 0. The third-order valence-electron chi connectivity index (χ3n) is 2.48. The Morgan fingerprint density at radius 2 is 1.53 bits per heavy atom. The fourth-order valence-corrected chi connectivity index (χ4v) is 1.31. The lowest BCUT2D eigenvalue weighted by atomic mass is 10.1. The van der Waals surface area contributed by atoms with Crippen molar-refractivity contribution in [3.63, 3.8) is 0 Å². The van der Waals surface area contributed by atoms with Crippen LogP contribution in [0.5, 0.6) is 0 Å². The maximum absolute atomic E-state index is 11.4. The molecule has 0 fully saturated rings. The highest BCUT2D eigenvalue weighted by Crippen LogP contribution is 1.97. The maximum atomic E-state index is 11.4.